The lowest BCUT2D eigenvalue weighted by atomic mass is 9.94. The van der Waals surface area contributed by atoms with Gasteiger partial charge in [0.05, 0.1) is 38.5 Å². The number of esters is 1. The standard InChI is InChI=1S/C27H33N3O7/c1-5-37-19-8-6-18(7-9-19)23-21(24(31)20-16(2)22(27(34)35-4)28-17(20)3)25(32)26(33)30(23)11-10-29-12-14-36-15-13-29/h6-9,23,28,31H,5,10-15H2,1-4H3/t23-/m0/s1. The molecule has 10 heteroatoms. The number of likely N-dealkylation sites (tertiary alicyclic amines) is 1. The highest BCUT2D eigenvalue weighted by Gasteiger charge is 2.46. The third-order valence-corrected chi connectivity index (χ3v) is 6.87. The summed E-state index contributed by atoms with van der Waals surface area (Å²) in [4.78, 5) is 45.5. The summed E-state index contributed by atoms with van der Waals surface area (Å²) < 4.78 is 15.8. The number of aromatic nitrogens is 1. The monoisotopic (exact) mass is 511 g/mol. The average molecular weight is 512 g/mol. The number of aryl methyl sites for hydroxylation is 1. The smallest absolute Gasteiger partial charge is 0.354 e. The first kappa shape index (κ1) is 26.4. The lowest BCUT2D eigenvalue weighted by Crippen LogP contribution is -2.42. The molecule has 1 amide bonds. The molecule has 1 aromatic carbocycles. The summed E-state index contributed by atoms with van der Waals surface area (Å²) >= 11 is 0. The molecule has 0 radical (unpaired) electrons. The molecule has 2 aromatic rings. The van der Waals surface area contributed by atoms with Crippen molar-refractivity contribution in [3.05, 3.63) is 57.9 Å². The number of nitrogens with zero attached hydrogens (tertiary/aromatic N) is 2. The minimum atomic E-state index is -0.799. The van der Waals surface area contributed by atoms with E-state index in [0.29, 0.717) is 61.0 Å². The summed E-state index contributed by atoms with van der Waals surface area (Å²) in [6.07, 6.45) is 0. The molecule has 10 nitrogen and oxygen atoms in total. The molecule has 2 aliphatic heterocycles. The van der Waals surface area contributed by atoms with Gasteiger partial charge in [0.2, 0.25) is 0 Å². The van der Waals surface area contributed by atoms with E-state index in [-0.39, 0.29) is 17.0 Å². The molecule has 0 spiro atoms. The van der Waals surface area contributed by atoms with Crippen LogP contribution in [0.5, 0.6) is 5.75 Å². The topological polar surface area (TPSA) is 121 Å². The number of aliphatic hydroxyl groups is 1. The van der Waals surface area contributed by atoms with Crippen molar-refractivity contribution in [1.82, 2.24) is 14.8 Å². The summed E-state index contributed by atoms with van der Waals surface area (Å²) in [5.74, 6) is -1.69. The Morgan fingerprint density at radius 1 is 1.14 bits per heavy atom. The predicted molar refractivity (Wildman–Crippen MR) is 135 cm³/mol. The third-order valence-electron chi connectivity index (χ3n) is 6.87. The average Bonchev–Trinajstić information content (AvgIpc) is 3.34. The molecular weight excluding hydrogens is 478 g/mol. The van der Waals surface area contributed by atoms with Crippen LogP contribution in [0.2, 0.25) is 0 Å². The van der Waals surface area contributed by atoms with Gasteiger partial charge in [-0.25, -0.2) is 4.79 Å². The van der Waals surface area contributed by atoms with E-state index in [4.69, 9.17) is 14.2 Å². The van der Waals surface area contributed by atoms with E-state index in [1.165, 1.54) is 12.0 Å². The largest absolute Gasteiger partial charge is 0.507 e. The van der Waals surface area contributed by atoms with Gasteiger partial charge in [-0.1, -0.05) is 12.1 Å². The number of nitrogens with one attached hydrogen (secondary N) is 1. The number of aliphatic hydroxyl groups excluding tert-OH is 1. The first-order valence-corrected chi connectivity index (χ1v) is 12.4. The number of ether oxygens (including phenoxy) is 3. The molecule has 2 saturated heterocycles. The van der Waals surface area contributed by atoms with Crippen LogP contribution >= 0.6 is 0 Å². The van der Waals surface area contributed by atoms with Crippen molar-refractivity contribution in [3.8, 4) is 5.75 Å². The van der Waals surface area contributed by atoms with Crippen molar-refractivity contribution in [2.24, 2.45) is 0 Å². The molecule has 3 heterocycles. The zero-order valence-corrected chi connectivity index (χ0v) is 21.6. The molecule has 0 bridgehead atoms. The van der Waals surface area contributed by atoms with E-state index >= 15 is 0 Å². The zero-order chi connectivity index (χ0) is 26.7. The molecule has 0 saturated carbocycles. The molecule has 37 heavy (non-hydrogen) atoms. The van der Waals surface area contributed by atoms with E-state index in [1.807, 2.05) is 6.92 Å². The highest BCUT2D eigenvalue weighted by Crippen LogP contribution is 2.41. The number of Topliss-reactive ketones (excluding diaryl/α,β-unsaturated/α-hetero) is 1. The fourth-order valence-electron chi connectivity index (χ4n) is 4.99. The maximum absolute atomic E-state index is 13.4. The van der Waals surface area contributed by atoms with Gasteiger partial charge < -0.3 is 29.2 Å². The molecule has 0 unspecified atom stereocenters. The predicted octanol–water partition coefficient (Wildman–Crippen LogP) is 2.57. The number of carbonyl (C=O) groups is 3. The number of ketones is 1. The van der Waals surface area contributed by atoms with Crippen LogP contribution < -0.4 is 4.74 Å². The minimum Gasteiger partial charge on any atom is -0.507 e. The van der Waals surface area contributed by atoms with Gasteiger partial charge in [0.15, 0.2) is 0 Å². The molecule has 1 aromatic heterocycles. The molecule has 2 N–H and O–H groups in total. The van der Waals surface area contributed by atoms with Gasteiger partial charge in [0.25, 0.3) is 11.7 Å². The van der Waals surface area contributed by atoms with Crippen LogP contribution in [0, 0.1) is 13.8 Å². The van der Waals surface area contributed by atoms with E-state index in [9.17, 15) is 19.5 Å². The highest BCUT2D eigenvalue weighted by atomic mass is 16.5. The Kier molecular flexibility index (Phi) is 7.99. The fourth-order valence-corrected chi connectivity index (χ4v) is 4.99. The summed E-state index contributed by atoms with van der Waals surface area (Å²) in [6.45, 7) is 9.35. The number of benzene rings is 1. The molecule has 0 aliphatic carbocycles. The van der Waals surface area contributed by atoms with Gasteiger partial charge in [-0.2, -0.15) is 0 Å². The molecule has 2 fully saturated rings. The quantitative estimate of drug-likeness (QED) is 0.240. The van der Waals surface area contributed by atoms with Gasteiger partial charge in [-0.05, 0) is 44.0 Å². The molecule has 2 aliphatic rings. The Balaban J connectivity index is 1.79. The number of morpholine rings is 1. The van der Waals surface area contributed by atoms with Crippen molar-refractivity contribution in [2.45, 2.75) is 26.8 Å². The normalized spacial score (nSPS) is 19.9. The van der Waals surface area contributed by atoms with E-state index in [0.717, 1.165) is 13.1 Å². The maximum atomic E-state index is 13.4. The van der Waals surface area contributed by atoms with Crippen molar-refractivity contribution >= 4 is 23.4 Å². The van der Waals surface area contributed by atoms with Gasteiger partial charge in [-0.15, -0.1) is 0 Å². The number of H-pyrrole nitrogens is 1. The Morgan fingerprint density at radius 3 is 2.43 bits per heavy atom. The second-order valence-electron chi connectivity index (χ2n) is 9.07. The number of methoxy groups -OCH3 is 1. The molecule has 1 atom stereocenters. The number of carbonyl (C=O) groups excluding carboxylic acids is 3. The van der Waals surface area contributed by atoms with Crippen LogP contribution in [0.25, 0.3) is 5.76 Å². The van der Waals surface area contributed by atoms with Gasteiger partial charge in [0, 0.05) is 37.4 Å². The van der Waals surface area contributed by atoms with Crippen molar-refractivity contribution < 1.29 is 33.7 Å². The van der Waals surface area contributed by atoms with Crippen molar-refractivity contribution in [2.75, 3.05) is 53.1 Å². The molecule has 198 valence electrons. The second kappa shape index (κ2) is 11.2. The van der Waals surface area contributed by atoms with Crippen LogP contribution in [-0.2, 0) is 19.1 Å². The zero-order valence-electron chi connectivity index (χ0n) is 21.6. The minimum absolute atomic E-state index is 0.0160. The number of amides is 1. The van der Waals surface area contributed by atoms with Gasteiger partial charge in [0.1, 0.15) is 17.2 Å². The second-order valence-corrected chi connectivity index (χ2v) is 9.07. The van der Waals surface area contributed by atoms with E-state index in [2.05, 4.69) is 9.88 Å². The summed E-state index contributed by atoms with van der Waals surface area (Å²) in [6, 6.07) is 6.36. The third kappa shape index (κ3) is 5.12. The molecule has 4 rings (SSSR count). The Morgan fingerprint density at radius 2 is 1.81 bits per heavy atom. The lowest BCUT2D eigenvalue weighted by Gasteiger charge is -2.31. The number of hydrogen-bond acceptors (Lipinski definition) is 8. The summed E-state index contributed by atoms with van der Waals surface area (Å²) in [5.41, 5.74) is 2.07. The van der Waals surface area contributed by atoms with Crippen LogP contribution in [-0.4, -0.2) is 90.7 Å². The Bertz CT molecular complexity index is 1210. The van der Waals surface area contributed by atoms with Gasteiger partial charge >= 0.3 is 5.97 Å². The maximum Gasteiger partial charge on any atom is 0.354 e. The summed E-state index contributed by atoms with van der Waals surface area (Å²) in [5, 5.41) is 11.5. The number of aromatic amines is 1. The highest BCUT2D eigenvalue weighted by molar-refractivity contribution is 6.46. The van der Waals surface area contributed by atoms with Crippen LogP contribution in [0.3, 0.4) is 0 Å². The van der Waals surface area contributed by atoms with Crippen LogP contribution in [0.4, 0.5) is 0 Å². The number of rotatable bonds is 8. The van der Waals surface area contributed by atoms with E-state index < -0.39 is 23.7 Å². The lowest BCUT2D eigenvalue weighted by molar-refractivity contribution is -0.140. The van der Waals surface area contributed by atoms with Crippen LogP contribution in [0.15, 0.2) is 29.8 Å². The summed E-state index contributed by atoms with van der Waals surface area (Å²) in [7, 11) is 1.27. The fraction of sp³-hybridized carbons (Fsp3) is 0.444. The first-order chi connectivity index (χ1) is 17.8. The Hall–Kier alpha value is -3.63. The van der Waals surface area contributed by atoms with Crippen molar-refractivity contribution in [1.29, 1.82) is 0 Å². The van der Waals surface area contributed by atoms with Crippen molar-refractivity contribution in [3.63, 3.8) is 0 Å². The Labute approximate surface area is 215 Å². The van der Waals surface area contributed by atoms with Crippen LogP contribution in [0.1, 0.15) is 45.8 Å². The first-order valence-electron chi connectivity index (χ1n) is 12.4. The molecular formula is C27H33N3O7. The van der Waals surface area contributed by atoms with E-state index in [1.54, 1.807) is 38.1 Å². The number of hydrogen-bond donors (Lipinski definition) is 2. The SMILES string of the molecule is CCOc1ccc([C@H]2C(=C(O)c3c(C)[nH]c(C(=O)OC)c3C)C(=O)C(=O)N2CCN2CCOCC2)cc1. The van der Waals surface area contributed by atoms with Gasteiger partial charge in [-0.3, -0.25) is 14.5 Å².